The first-order valence-electron chi connectivity index (χ1n) is 9.46. The molecular formula is C21H15F6N3O2. The van der Waals surface area contributed by atoms with Crippen LogP contribution in [0.3, 0.4) is 0 Å². The highest BCUT2D eigenvalue weighted by Gasteiger charge is 2.35. The lowest BCUT2D eigenvalue weighted by Crippen LogP contribution is -2.24. The predicted octanol–water partition coefficient (Wildman–Crippen LogP) is 5.29. The van der Waals surface area contributed by atoms with Crippen molar-refractivity contribution < 1.29 is 35.7 Å². The topological polar surface area (TPSA) is 59.2 Å². The van der Waals surface area contributed by atoms with Crippen molar-refractivity contribution in [3.8, 4) is 11.4 Å². The molecule has 11 heteroatoms. The highest BCUT2D eigenvalue weighted by molar-refractivity contribution is 5.79. The normalized spacial score (nSPS) is 17.2. The molecule has 0 spiro atoms. The van der Waals surface area contributed by atoms with Crippen LogP contribution in [0, 0.1) is 0 Å². The van der Waals surface area contributed by atoms with Crippen LogP contribution in [0.15, 0.2) is 53.1 Å². The van der Waals surface area contributed by atoms with E-state index < -0.39 is 29.4 Å². The number of carbonyl (C=O) groups excluding carboxylic acids is 1. The number of halogens is 6. The van der Waals surface area contributed by atoms with E-state index in [-0.39, 0.29) is 42.7 Å². The van der Waals surface area contributed by atoms with Crippen LogP contribution >= 0.6 is 0 Å². The van der Waals surface area contributed by atoms with Crippen molar-refractivity contribution in [1.29, 1.82) is 0 Å². The molecule has 1 saturated heterocycles. The Labute approximate surface area is 177 Å². The van der Waals surface area contributed by atoms with Gasteiger partial charge in [0.2, 0.25) is 17.6 Å². The molecule has 0 N–H and O–H groups in total. The van der Waals surface area contributed by atoms with Gasteiger partial charge >= 0.3 is 12.4 Å². The molecule has 1 unspecified atom stereocenters. The minimum Gasteiger partial charge on any atom is -0.339 e. The third-order valence-corrected chi connectivity index (χ3v) is 5.11. The first kappa shape index (κ1) is 21.8. The zero-order valence-electron chi connectivity index (χ0n) is 16.2. The monoisotopic (exact) mass is 455 g/mol. The van der Waals surface area contributed by atoms with Crippen molar-refractivity contribution in [1.82, 2.24) is 15.0 Å². The summed E-state index contributed by atoms with van der Waals surface area (Å²) in [6, 6.07) is 9.01. The first-order valence-corrected chi connectivity index (χ1v) is 9.46. The summed E-state index contributed by atoms with van der Waals surface area (Å²) in [5, 5.41) is 3.73. The van der Waals surface area contributed by atoms with Gasteiger partial charge in [0.25, 0.3) is 0 Å². The summed E-state index contributed by atoms with van der Waals surface area (Å²) < 4.78 is 82.0. The minimum absolute atomic E-state index is 0.0280. The van der Waals surface area contributed by atoms with Crippen LogP contribution in [0.2, 0.25) is 0 Å². The van der Waals surface area contributed by atoms with E-state index in [1.54, 1.807) is 0 Å². The Bertz CT molecular complexity index is 1120. The largest absolute Gasteiger partial charge is 0.416 e. The Morgan fingerprint density at radius 1 is 0.969 bits per heavy atom. The molecule has 1 atom stereocenters. The maximum absolute atomic E-state index is 12.9. The second-order valence-corrected chi connectivity index (χ2v) is 7.40. The van der Waals surface area contributed by atoms with Gasteiger partial charge < -0.3 is 9.42 Å². The van der Waals surface area contributed by atoms with Crippen LogP contribution in [-0.2, 0) is 23.7 Å². The van der Waals surface area contributed by atoms with Gasteiger partial charge in [-0.25, -0.2) is 0 Å². The number of likely N-dealkylation sites (tertiary alicyclic amines) is 1. The molecule has 0 radical (unpaired) electrons. The van der Waals surface area contributed by atoms with Gasteiger partial charge in [0.15, 0.2) is 0 Å². The Morgan fingerprint density at radius 2 is 1.66 bits per heavy atom. The lowest BCUT2D eigenvalue weighted by molar-refractivity contribution is -0.138. The molecule has 32 heavy (non-hydrogen) atoms. The van der Waals surface area contributed by atoms with Gasteiger partial charge in [0.1, 0.15) is 0 Å². The quantitative estimate of drug-likeness (QED) is 0.502. The van der Waals surface area contributed by atoms with E-state index in [9.17, 15) is 31.1 Å². The molecule has 168 valence electrons. The fraction of sp³-hybridized carbons (Fsp3) is 0.286. The molecular weight excluding hydrogens is 440 g/mol. The van der Waals surface area contributed by atoms with Gasteiger partial charge in [0.05, 0.1) is 17.0 Å². The second kappa shape index (κ2) is 7.95. The van der Waals surface area contributed by atoms with E-state index in [1.807, 2.05) is 0 Å². The van der Waals surface area contributed by atoms with Gasteiger partial charge in [-0.3, -0.25) is 4.79 Å². The Hall–Kier alpha value is -3.37. The van der Waals surface area contributed by atoms with E-state index in [2.05, 4.69) is 10.1 Å². The second-order valence-electron chi connectivity index (χ2n) is 7.40. The molecule has 1 fully saturated rings. The summed E-state index contributed by atoms with van der Waals surface area (Å²) in [6.07, 6.45) is -8.91. The molecule has 2 aromatic carbocycles. The predicted molar refractivity (Wildman–Crippen MR) is 99.0 cm³/mol. The Morgan fingerprint density at radius 3 is 2.31 bits per heavy atom. The van der Waals surface area contributed by atoms with E-state index in [4.69, 9.17) is 4.52 Å². The summed E-state index contributed by atoms with van der Waals surface area (Å²) in [4.78, 5) is 18.0. The fourth-order valence-corrected chi connectivity index (χ4v) is 3.46. The standard InChI is InChI=1S/C21H15F6N3O2/c22-20(23,24)15-6-4-12(5-7-15)10-30-11-14(9-17(30)31)19-28-18(29-32-19)13-2-1-3-16(8-13)21(25,26)27/h1-8,14H,9-11H2. The van der Waals surface area contributed by atoms with E-state index >= 15 is 0 Å². The van der Waals surface area contributed by atoms with Crippen LogP contribution in [0.1, 0.15) is 34.9 Å². The Balaban J connectivity index is 1.45. The number of rotatable bonds is 4. The number of hydrogen-bond donors (Lipinski definition) is 0. The average molecular weight is 455 g/mol. The summed E-state index contributed by atoms with van der Waals surface area (Å²) in [5.41, 5.74) is -0.970. The highest BCUT2D eigenvalue weighted by atomic mass is 19.4. The molecule has 0 saturated carbocycles. The third kappa shape index (κ3) is 4.61. The SMILES string of the molecule is O=C1CC(c2nc(-c3cccc(C(F)(F)F)c3)no2)CN1Cc1ccc(C(F)(F)F)cc1. The van der Waals surface area contributed by atoms with Crippen molar-refractivity contribution in [2.45, 2.75) is 31.2 Å². The van der Waals surface area contributed by atoms with Crippen molar-refractivity contribution >= 4 is 5.91 Å². The van der Waals surface area contributed by atoms with Crippen molar-refractivity contribution in [3.05, 3.63) is 71.1 Å². The first-order chi connectivity index (χ1) is 15.0. The molecule has 1 aliphatic rings. The van der Waals surface area contributed by atoms with Crippen LogP contribution < -0.4 is 0 Å². The van der Waals surface area contributed by atoms with Gasteiger partial charge in [-0.05, 0) is 29.8 Å². The number of hydrogen-bond acceptors (Lipinski definition) is 4. The number of aromatic nitrogens is 2. The lowest BCUT2D eigenvalue weighted by Gasteiger charge is -2.16. The molecule has 2 heterocycles. The lowest BCUT2D eigenvalue weighted by atomic mass is 10.1. The van der Waals surface area contributed by atoms with E-state index in [1.165, 1.54) is 29.2 Å². The Kier molecular flexibility index (Phi) is 5.43. The van der Waals surface area contributed by atoms with Crippen molar-refractivity contribution in [3.63, 3.8) is 0 Å². The van der Waals surface area contributed by atoms with Crippen LogP contribution in [0.25, 0.3) is 11.4 Å². The molecule has 1 aromatic heterocycles. The summed E-state index contributed by atoms with van der Waals surface area (Å²) in [6.45, 7) is 0.312. The average Bonchev–Trinajstić information content (AvgIpc) is 3.35. The number of carbonyl (C=O) groups is 1. The molecule has 0 aliphatic carbocycles. The zero-order valence-corrected chi connectivity index (χ0v) is 16.2. The molecule has 4 rings (SSSR count). The smallest absolute Gasteiger partial charge is 0.339 e. The van der Waals surface area contributed by atoms with Crippen molar-refractivity contribution in [2.75, 3.05) is 6.54 Å². The molecule has 1 amide bonds. The fourth-order valence-electron chi connectivity index (χ4n) is 3.46. The van der Waals surface area contributed by atoms with Gasteiger partial charge in [0, 0.05) is 25.1 Å². The van der Waals surface area contributed by atoms with E-state index in [0.29, 0.717) is 5.56 Å². The molecule has 3 aromatic rings. The number of alkyl halides is 6. The van der Waals surface area contributed by atoms with Crippen molar-refractivity contribution in [2.24, 2.45) is 0 Å². The molecule has 1 aliphatic heterocycles. The van der Waals surface area contributed by atoms with E-state index in [0.717, 1.165) is 24.3 Å². The number of amides is 1. The summed E-state index contributed by atoms with van der Waals surface area (Å²) in [5.74, 6) is -0.627. The number of nitrogens with zero attached hydrogens (tertiary/aromatic N) is 3. The third-order valence-electron chi connectivity index (χ3n) is 5.11. The summed E-state index contributed by atoms with van der Waals surface area (Å²) >= 11 is 0. The highest BCUT2D eigenvalue weighted by Crippen LogP contribution is 2.34. The van der Waals surface area contributed by atoms with Gasteiger partial charge in [-0.1, -0.05) is 29.4 Å². The molecule has 0 bridgehead atoms. The zero-order chi connectivity index (χ0) is 23.1. The van der Waals surface area contributed by atoms with Gasteiger partial charge in [-0.15, -0.1) is 0 Å². The van der Waals surface area contributed by atoms with Gasteiger partial charge in [-0.2, -0.15) is 31.3 Å². The minimum atomic E-state index is -4.51. The van der Waals surface area contributed by atoms with Crippen LogP contribution in [0.4, 0.5) is 26.3 Å². The van der Waals surface area contributed by atoms with Crippen LogP contribution in [0.5, 0.6) is 0 Å². The van der Waals surface area contributed by atoms with Crippen LogP contribution in [-0.4, -0.2) is 27.5 Å². The summed E-state index contributed by atoms with van der Waals surface area (Å²) in [7, 11) is 0. The number of benzene rings is 2. The molecule has 5 nitrogen and oxygen atoms in total. The maximum atomic E-state index is 12.9. The maximum Gasteiger partial charge on any atom is 0.416 e.